The third kappa shape index (κ3) is 2.96. The highest BCUT2D eigenvalue weighted by Crippen LogP contribution is 2.36. The second kappa shape index (κ2) is 5.61. The van der Waals surface area contributed by atoms with Gasteiger partial charge in [0.1, 0.15) is 17.4 Å². The molecule has 0 fully saturated rings. The SMILES string of the molecule is CCOC(=O)c1c(C(F)(F)F)ccc(OC)c1C#N. The van der Waals surface area contributed by atoms with Crippen molar-refractivity contribution in [1.29, 1.82) is 5.26 Å². The van der Waals surface area contributed by atoms with Crippen LogP contribution in [0.25, 0.3) is 0 Å². The molecule has 0 saturated carbocycles. The zero-order chi connectivity index (χ0) is 14.6. The van der Waals surface area contributed by atoms with Gasteiger partial charge in [-0.15, -0.1) is 0 Å². The van der Waals surface area contributed by atoms with Gasteiger partial charge in [-0.3, -0.25) is 0 Å². The maximum absolute atomic E-state index is 12.8. The molecule has 0 heterocycles. The quantitative estimate of drug-likeness (QED) is 0.794. The molecule has 0 N–H and O–H groups in total. The van der Waals surface area contributed by atoms with Gasteiger partial charge in [0.2, 0.25) is 0 Å². The van der Waals surface area contributed by atoms with Crippen molar-refractivity contribution in [1.82, 2.24) is 0 Å². The molecule has 0 aliphatic carbocycles. The van der Waals surface area contributed by atoms with Gasteiger partial charge in [-0.05, 0) is 19.1 Å². The van der Waals surface area contributed by atoms with E-state index in [2.05, 4.69) is 4.74 Å². The molecule has 1 aromatic carbocycles. The molecule has 0 amide bonds. The molecule has 0 radical (unpaired) electrons. The van der Waals surface area contributed by atoms with Crippen LogP contribution in [-0.2, 0) is 10.9 Å². The van der Waals surface area contributed by atoms with Gasteiger partial charge in [-0.1, -0.05) is 0 Å². The molecule has 0 aromatic heterocycles. The van der Waals surface area contributed by atoms with Crippen molar-refractivity contribution in [3.05, 3.63) is 28.8 Å². The van der Waals surface area contributed by atoms with Gasteiger partial charge < -0.3 is 9.47 Å². The Bertz CT molecular complexity index is 532. The Morgan fingerprint density at radius 3 is 2.47 bits per heavy atom. The van der Waals surface area contributed by atoms with Crippen LogP contribution >= 0.6 is 0 Å². The van der Waals surface area contributed by atoms with Crippen molar-refractivity contribution >= 4 is 5.97 Å². The number of hydrogen-bond acceptors (Lipinski definition) is 4. The number of esters is 1. The highest BCUT2D eigenvalue weighted by Gasteiger charge is 2.38. The van der Waals surface area contributed by atoms with E-state index in [1.165, 1.54) is 14.0 Å². The zero-order valence-corrected chi connectivity index (χ0v) is 10.2. The predicted molar refractivity (Wildman–Crippen MR) is 58.7 cm³/mol. The van der Waals surface area contributed by atoms with E-state index in [1.54, 1.807) is 6.07 Å². The van der Waals surface area contributed by atoms with Crippen LogP contribution in [0.15, 0.2) is 12.1 Å². The van der Waals surface area contributed by atoms with Crippen molar-refractivity contribution in [2.45, 2.75) is 13.1 Å². The molecule has 4 nitrogen and oxygen atoms in total. The van der Waals surface area contributed by atoms with E-state index in [-0.39, 0.29) is 12.4 Å². The minimum absolute atomic E-state index is 0.0990. The van der Waals surface area contributed by atoms with E-state index in [9.17, 15) is 18.0 Å². The first-order valence-corrected chi connectivity index (χ1v) is 5.22. The number of carbonyl (C=O) groups excluding carboxylic acids is 1. The molecule has 19 heavy (non-hydrogen) atoms. The van der Waals surface area contributed by atoms with Crippen molar-refractivity contribution in [3.8, 4) is 11.8 Å². The van der Waals surface area contributed by atoms with Gasteiger partial charge >= 0.3 is 12.1 Å². The predicted octanol–water partition coefficient (Wildman–Crippen LogP) is 2.76. The number of carbonyl (C=O) groups is 1. The van der Waals surface area contributed by atoms with E-state index in [4.69, 9.17) is 10.00 Å². The van der Waals surface area contributed by atoms with Crippen molar-refractivity contribution in [2.75, 3.05) is 13.7 Å². The summed E-state index contributed by atoms with van der Waals surface area (Å²) in [5, 5.41) is 8.93. The average Bonchev–Trinajstić information content (AvgIpc) is 2.35. The van der Waals surface area contributed by atoms with E-state index in [1.807, 2.05) is 0 Å². The Kier molecular flexibility index (Phi) is 4.38. The largest absolute Gasteiger partial charge is 0.495 e. The third-order valence-electron chi connectivity index (χ3n) is 2.28. The molecule has 7 heteroatoms. The number of methoxy groups -OCH3 is 1. The fourth-order valence-electron chi connectivity index (χ4n) is 1.52. The molecule has 0 spiro atoms. The van der Waals surface area contributed by atoms with Crippen LogP contribution in [0.1, 0.15) is 28.4 Å². The maximum Gasteiger partial charge on any atom is 0.417 e. The molecular weight excluding hydrogens is 263 g/mol. The summed E-state index contributed by atoms with van der Waals surface area (Å²) in [6.45, 7) is 1.36. The fourth-order valence-corrected chi connectivity index (χ4v) is 1.52. The topological polar surface area (TPSA) is 59.3 Å². The lowest BCUT2D eigenvalue weighted by atomic mass is 10.00. The lowest BCUT2D eigenvalue weighted by Gasteiger charge is -2.15. The molecular formula is C12H10F3NO3. The first-order chi connectivity index (χ1) is 8.86. The van der Waals surface area contributed by atoms with Crippen molar-refractivity contribution in [3.63, 3.8) is 0 Å². The molecule has 0 aliphatic heterocycles. The normalized spacial score (nSPS) is 10.7. The second-order valence-electron chi connectivity index (χ2n) is 3.40. The third-order valence-corrected chi connectivity index (χ3v) is 2.28. The first-order valence-electron chi connectivity index (χ1n) is 5.22. The van der Waals surface area contributed by atoms with Crippen LogP contribution in [0.5, 0.6) is 5.75 Å². The number of nitrogens with zero attached hydrogens (tertiary/aromatic N) is 1. The Balaban J connectivity index is 3.60. The average molecular weight is 273 g/mol. The number of hydrogen-bond donors (Lipinski definition) is 0. The Morgan fingerprint density at radius 1 is 1.42 bits per heavy atom. The molecule has 0 aliphatic rings. The molecule has 102 valence electrons. The molecule has 1 rings (SSSR count). The number of ether oxygens (including phenoxy) is 2. The standard InChI is InChI=1S/C12H10F3NO3/c1-3-19-11(17)10-7(6-16)9(18-2)5-4-8(10)12(13,14)15/h4-5H,3H2,1-2H3. The minimum atomic E-state index is -4.76. The van der Waals surface area contributed by atoms with Gasteiger partial charge in [-0.25, -0.2) is 4.79 Å². The molecule has 0 unspecified atom stereocenters. The minimum Gasteiger partial charge on any atom is -0.495 e. The monoisotopic (exact) mass is 273 g/mol. The van der Waals surface area contributed by atoms with Crippen molar-refractivity contribution < 1.29 is 27.4 Å². The van der Waals surface area contributed by atoms with Crippen LogP contribution in [-0.4, -0.2) is 19.7 Å². The summed E-state index contributed by atoms with van der Waals surface area (Å²) in [4.78, 5) is 11.6. The number of alkyl halides is 3. The Labute approximate surface area is 107 Å². The van der Waals surface area contributed by atoms with Crippen LogP contribution in [0.3, 0.4) is 0 Å². The summed E-state index contributed by atoms with van der Waals surface area (Å²) in [5.41, 5.74) is -2.53. The van der Waals surface area contributed by atoms with Gasteiger partial charge in [-0.2, -0.15) is 18.4 Å². The summed E-state index contributed by atoms with van der Waals surface area (Å²) in [5.74, 6) is -1.32. The lowest BCUT2D eigenvalue weighted by molar-refractivity contribution is -0.138. The fraction of sp³-hybridized carbons (Fsp3) is 0.333. The first kappa shape index (κ1) is 14.8. The maximum atomic E-state index is 12.8. The van der Waals surface area contributed by atoms with Gasteiger partial charge in [0.25, 0.3) is 0 Å². The van der Waals surface area contributed by atoms with Crippen LogP contribution in [0, 0.1) is 11.3 Å². The van der Waals surface area contributed by atoms with Crippen LogP contribution in [0.4, 0.5) is 13.2 Å². The number of halogens is 3. The molecule has 1 aromatic rings. The zero-order valence-electron chi connectivity index (χ0n) is 10.2. The highest BCUT2D eigenvalue weighted by atomic mass is 19.4. The van der Waals surface area contributed by atoms with E-state index < -0.39 is 28.8 Å². The molecule has 0 bridgehead atoms. The summed E-state index contributed by atoms with van der Waals surface area (Å²) in [6, 6.07) is 3.22. The number of nitriles is 1. The smallest absolute Gasteiger partial charge is 0.417 e. The number of rotatable bonds is 3. The molecule has 0 saturated heterocycles. The summed E-state index contributed by atoms with van der Waals surface area (Å²) < 4.78 is 47.9. The van der Waals surface area contributed by atoms with E-state index in [0.29, 0.717) is 6.07 Å². The van der Waals surface area contributed by atoms with Crippen LogP contribution in [0.2, 0.25) is 0 Å². The summed E-state index contributed by atoms with van der Waals surface area (Å²) >= 11 is 0. The molecule has 0 atom stereocenters. The lowest BCUT2D eigenvalue weighted by Crippen LogP contribution is -2.17. The Morgan fingerprint density at radius 2 is 2.05 bits per heavy atom. The van der Waals surface area contributed by atoms with Gasteiger partial charge in [0, 0.05) is 0 Å². The Hall–Kier alpha value is -2.23. The summed E-state index contributed by atoms with van der Waals surface area (Å²) in [7, 11) is 1.19. The van der Waals surface area contributed by atoms with Crippen molar-refractivity contribution in [2.24, 2.45) is 0 Å². The number of benzene rings is 1. The van der Waals surface area contributed by atoms with Crippen LogP contribution < -0.4 is 4.74 Å². The van der Waals surface area contributed by atoms with E-state index >= 15 is 0 Å². The highest BCUT2D eigenvalue weighted by molar-refractivity contribution is 5.95. The van der Waals surface area contributed by atoms with Gasteiger partial charge in [0.15, 0.2) is 0 Å². The summed E-state index contributed by atoms with van der Waals surface area (Å²) in [6.07, 6.45) is -4.76. The van der Waals surface area contributed by atoms with Gasteiger partial charge in [0.05, 0.1) is 24.8 Å². The second-order valence-corrected chi connectivity index (χ2v) is 3.40. The van der Waals surface area contributed by atoms with E-state index in [0.717, 1.165) is 6.07 Å².